The number of benzene rings is 12. The molecule has 540 valence electrons. The molecule has 4 radical (unpaired) electrons. The molecule has 4 heterocycles. The molecular formula is C94H80Ir4N6OS-6. The molecule has 12 aromatic carbocycles. The van der Waals surface area contributed by atoms with Crippen LogP contribution in [-0.2, 0) is 92.2 Å². The number of aryl methyl sites for hydroxylation is 9. The van der Waals surface area contributed by atoms with Crippen LogP contribution in [0.1, 0.15) is 55.6 Å². The Morgan fingerprint density at radius 3 is 1.12 bits per heavy atom. The smallest absolute Gasteiger partial charge is 0.108 e. The van der Waals surface area contributed by atoms with Crippen LogP contribution in [0.15, 0.2) is 291 Å². The van der Waals surface area contributed by atoms with Crippen molar-refractivity contribution in [3.05, 3.63) is 385 Å². The number of aromatic nitrogens is 3. The fourth-order valence-electron chi connectivity index (χ4n) is 13.6. The van der Waals surface area contributed by atoms with E-state index in [2.05, 4.69) is 302 Å². The molecule has 0 atom stereocenters. The minimum absolute atomic E-state index is 0. The van der Waals surface area contributed by atoms with E-state index in [1.54, 1.807) is 18.3 Å². The van der Waals surface area contributed by atoms with Crippen LogP contribution in [0.25, 0.3) is 100 Å². The van der Waals surface area contributed by atoms with Gasteiger partial charge in [-0.2, -0.15) is 67.3 Å². The molecule has 7 nitrogen and oxygen atoms in total. The van der Waals surface area contributed by atoms with Crippen molar-refractivity contribution in [3.63, 3.8) is 0 Å². The van der Waals surface area contributed by atoms with Gasteiger partial charge in [0, 0.05) is 132 Å². The Balaban J connectivity index is 0.000000161. The van der Waals surface area contributed by atoms with Gasteiger partial charge in [-0.15, -0.1) is 83.2 Å². The van der Waals surface area contributed by atoms with E-state index in [-0.39, 0.29) is 80.4 Å². The summed E-state index contributed by atoms with van der Waals surface area (Å²) in [5.74, 6) is 0.867. The third-order valence-corrected chi connectivity index (χ3v) is 19.2. The van der Waals surface area contributed by atoms with E-state index in [9.17, 15) is 0 Å². The van der Waals surface area contributed by atoms with Crippen molar-refractivity contribution >= 4 is 34.4 Å². The molecule has 0 fully saturated rings. The predicted molar refractivity (Wildman–Crippen MR) is 426 cm³/mol. The van der Waals surface area contributed by atoms with Crippen LogP contribution < -0.4 is 9.80 Å². The van der Waals surface area contributed by atoms with Gasteiger partial charge in [0.15, 0.2) is 0 Å². The van der Waals surface area contributed by atoms with Crippen LogP contribution in [0.5, 0.6) is 0 Å². The van der Waals surface area contributed by atoms with Crippen molar-refractivity contribution in [2.45, 2.75) is 55.4 Å². The van der Waals surface area contributed by atoms with Gasteiger partial charge in [-0.3, -0.25) is 4.68 Å². The van der Waals surface area contributed by atoms with Crippen molar-refractivity contribution in [1.82, 2.24) is 19.1 Å². The molecule has 0 N–H and O–H groups in total. The number of nitrogens with zero attached hydrogens (tertiary/aromatic N) is 6. The second kappa shape index (κ2) is 37.8. The monoisotopic (exact) mass is 2110 g/mol. The maximum Gasteiger partial charge on any atom is 0.108 e. The predicted octanol–water partition coefficient (Wildman–Crippen LogP) is 23.8. The van der Waals surface area contributed by atoms with Crippen LogP contribution in [-0.4, -0.2) is 26.1 Å². The summed E-state index contributed by atoms with van der Waals surface area (Å²) in [6.45, 7) is 21.2. The molecule has 0 spiro atoms. The summed E-state index contributed by atoms with van der Waals surface area (Å²) < 4.78 is 12.5. The summed E-state index contributed by atoms with van der Waals surface area (Å²) >= 11 is 1.56. The van der Waals surface area contributed by atoms with Crippen LogP contribution in [0.3, 0.4) is 0 Å². The van der Waals surface area contributed by atoms with Crippen molar-refractivity contribution < 1.29 is 85.2 Å². The first-order valence-corrected chi connectivity index (χ1v) is 35.1. The topological polar surface area (TPSA) is 49.7 Å². The number of hydrogen-bond donors (Lipinski definition) is 0. The largest absolute Gasteiger partial charge is 0.640 e. The average molecular weight is 2110 g/mol. The molecule has 0 saturated carbocycles. The van der Waals surface area contributed by atoms with Gasteiger partial charge in [0.05, 0.1) is 5.69 Å². The van der Waals surface area contributed by atoms with Gasteiger partial charge in [-0.05, 0) is 175 Å². The minimum atomic E-state index is 0. The van der Waals surface area contributed by atoms with E-state index in [1.165, 1.54) is 116 Å². The van der Waals surface area contributed by atoms with Gasteiger partial charge >= 0.3 is 0 Å². The number of ether oxygens (including phenoxy) is 1. The van der Waals surface area contributed by atoms with Crippen LogP contribution >= 0.6 is 11.5 Å². The first kappa shape index (κ1) is 80.8. The number of rotatable bonds is 12. The Morgan fingerprint density at radius 2 is 0.717 bits per heavy atom. The average Bonchev–Trinajstić information content (AvgIpc) is 1.56. The van der Waals surface area contributed by atoms with E-state index in [4.69, 9.17) is 9.84 Å². The molecule has 0 bridgehead atoms. The molecule has 14 aromatic rings. The first-order valence-electron chi connectivity index (χ1n) is 34.4. The van der Waals surface area contributed by atoms with E-state index in [0.717, 1.165) is 50.9 Å². The Kier molecular flexibility index (Phi) is 28.9. The molecule has 16 rings (SSSR count). The summed E-state index contributed by atoms with van der Waals surface area (Å²) in [6.07, 6.45) is 4.20. The fraction of sp³-hybridized carbons (Fsp3) is 0.106. The zero-order valence-corrected chi connectivity index (χ0v) is 71.1. The van der Waals surface area contributed by atoms with Gasteiger partial charge < -0.3 is 19.4 Å². The maximum absolute atomic E-state index is 5.86. The van der Waals surface area contributed by atoms with Crippen molar-refractivity contribution in [1.29, 1.82) is 0 Å². The fourth-order valence-corrected chi connectivity index (χ4v) is 14.5. The number of hydrogen-bond acceptors (Lipinski definition) is 7. The van der Waals surface area contributed by atoms with Gasteiger partial charge in [0.2, 0.25) is 0 Å². The summed E-state index contributed by atoms with van der Waals surface area (Å²) in [5.41, 5.74) is 33.4. The summed E-state index contributed by atoms with van der Waals surface area (Å²) in [7, 11) is 4.10. The summed E-state index contributed by atoms with van der Waals surface area (Å²) in [4.78, 5) is 7.47. The second-order valence-electron chi connectivity index (χ2n) is 25.8. The van der Waals surface area contributed by atoms with E-state index in [1.807, 2.05) is 114 Å². The van der Waals surface area contributed by atoms with Crippen LogP contribution in [0, 0.1) is 93.1 Å². The molecule has 2 aromatic heterocycles. The van der Waals surface area contributed by atoms with E-state index < -0.39 is 0 Å². The summed E-state index contributed by atoms with van der Waals surface area (Å²) in [5, 5.41) is 4.71. The van der Waals surface area contributed by atoms with Crippen LogP contribution in [0.4, 0.5) is 11.4 Å². The molecule has 0 aliphatic carbocycles. The third-order valence-electron chi connectivity index (χ3n) is 18.4. The molecule has 0 saturated heterocycles. The molecule has 0 amide bonds. The van der Waals surface area contributed by atoms with E-state index >= 15 is 0 Å². The normalized spacial score (nSPS) is 11.8. The molecule has 0 unspecified atom stereocenters. The maximum atomic E-state index is 5.86. The molecular weight excluding hydrogens is 2030 g/mol. The van der Waals surface area contributed by atoms with E-state index in [0.29, 0.717) is 0 Å². The molecule has 12 heteroatoms. The van der Waals surface area contributed by atoms with Gasteiger partial charge in [-0.1, -0.05) is 189 Å². The van der Waals surface area contributed by atoms with Gasteiger partial charge in [0.25, 0.3) is 0 Å². The zero-order valence-electron chi connectivity index (χ0n) is 60.7. The molecule has 106 heavy (non-hydrogen) atoms. The van der Waals surface area contributed by atoms with Crippen molar-refractivity contribution in [2.75, 3.05) is 16.8 Å². The van der Waals surface area contributed by atoms with Gasteiger partial charge in [0.1, 0.15) is 5.76 Å². The zero-order chi connectivity index (χ0) is 70.6. The second-order valence-corrected chi connectivity index (χ2v) is 26.6. The van der Waals surface area contributed by atoms with Gasteiger partial charge in [-0.25, -0.2) is 9.47 Å². The van der Waals surface area contributed by atoms with Crippen LogP contribution in [0.2, 0.25) is 0 Å². The molecule has 2 aliphatic heterocycles. The Labute approximate surface area is 685 Å². The Bertz CT molecular complexity index is 5160. The SMILES string of the molecule is Cc1cc(-c2ccccc2)cc(C)c1-c1cc(-c2[c-]cccc2)nn1C.Cc1cc(-c2ccccc2)cc(C)c1-c1cc(-c2[c-]cccc2)ns1.Cc1cc(-c2ccccc2)cc(C)c1C1=CN(c2[c-]cccc2)[CH-]N1C.Cc1cc(-c2ccccc2)cc(C)c1C1=CN(c2[c-]cccc2)[CH-]O1.[Ir].[Ir].[Ir].[Ir]. The first-order chi connectivity index (χ1) is 49.7. The standard InChI is InChI=1S/C24H22N2.C24H21N2.C23H19NO.C23H18NS.4Ir/c1-18-14-21(20-10-6-4-7-11-20)15-19(2)24(18)23-16-26(17-25(23)3)22-12-8-5-9-13-22;1-17-14-21(19-10-6-4-7-11-19)15-18(2)24(17)23-16-22(25-26(23)3)20-12-8-5-9-13-20;1-17-13-20(19-9-5-3-6-10-19)14-18(2)23(17)22-15-24(16-25-22)21-11-7-4-8-12-21;1-16-13-20(18-9-5-3-6-10-18)14-17(2)23(16)22-15-21(24-25-22)19-11-7-4-8-12-19;;;;/h4-12,14-17H,1-3H3;4-12,14-16H,1-3H3;3-11,13-16H,1-2H3;3-11,13-15H,1-2H3;;;;/q-2;-1;-2;-1;;;;. The van der Waals surface area contributed by atoms with Crippen molar-refractivity contribution in [3.8, 4) is 88.7 Å². The van der Waals surface area contributed by atoms with Crippen molar-refractivity contribution in [2.24, 2.45) is 7.05 Å². The minimum Gasteiger partial charge on any atom is -0.640 e. The Hall–Kier alpha value is -9.24. The third kappa shape index (κ3) is 19.1. The number of anilines is 2. The Morgan fingerprint density at radius 1 is 0.349 bits per heavy atom. The summed E-state index contributed by atoms with van der Waals surface area (Å²) in [6, 6.07) is 109. The quantitative estimate of drug-likeness (QED) is 0.114. The number of para-hydroxylation sites is 2. The molecule has 2 aliphatic rings.